The summed E-state index contributed by atoms with van der Waals surface area (Å²) in [6.07, 6.45) is 3.07. The lowest BCUT2D eigenvalue weighted by Gasteiger charge is -2.31. The number of allylic oxidation sites excluding steroid dienone is 2. The Hall–Kier alpha value is -1.09. The number of rotatable bonds is 0. The van der Waals surface area contributed by atoms with Gasteiger partial charge in [0.05, 0.1) is 12.6 Å². The summed E-state index contributed by atoms with van der Waals surface area (Å²) >= 11 is 0. The van der Waals surface area contributed by atoms with Gasteiger partial charge in [-0.1, -0.05) is 11.1 Å². The van der Waals surface area contributed by atoms with Gasteiger partial charge >= 0.3 is 0 Å². The Balaban J connectivity index is 2.26. The molecule has 0 aromatic rings. The zero-order chi connectivity index (χ0) is 9.42. The topological polar surface area (TPSA) is 41.1 Å². The molecule has 0 aromatic heterocycles. The zero-order valence-electron chi connectivity index (χ0n) is 7.98. The summed E-state index contributed by atoms with van der Waals surface area (Å²) in [6, 6.07) is 0.321. The lowest BCUT2D eigenvalue weighted by atomic mass is 9.92. The number of amides is 1. The third kappa shape index (κ3) is 1.52. The van der Waals surface area contributed by atoms with E-state index in [1.54, 1.807) is 0 Å². The molecule has 1 aliphatic heterocycles. The van der Waals surface area contributed by atoms with E-state index in [1.165, 1.54) is 11.1 Å². The predicted octanol–water partition coefficient (Wildman–Crippen LogP) is 0.698. The van der Waals surface area contributed by atoms with Crippen LogP contribution in [0.15, 0.2) is 22.9 Å². The number of carbonyl (C=O) groups excluding carboxylic acids is 1. The van der Waals surface area contributed by atoms with Crippen molar-refractivity contribution in [2.24, 2.45) is 0 Å². The maximum atomic E-state index is 11.1. The van der Waals surface area contributed by atoms with E-state index in [4.69, 9.17) is 0 Å². The van der Waals surface area contributed by atoms with E-state index in [0.29, 0.717) is 12.6 Å². The van der Waals surface area contributed by atoms with E-state index in [1.807, 2.05) is 0 Å². The van der Waals surface area contributed by atoms with Gasteiger partial charge in [0.2, 0.25) is 5.91 Å². The Kier molecular flexibility index (Phi) is 1.96. The van der Waals surface area contributed by atoms with E-state index in [-0.39, 0.29) is 5.91 Å². The fraction of sp³-hybridized carbons (Fsp3) is 0.500. The van der Waals surface area contributed by atoms with Crippen LogP contribution in [0.3, 0.4) is 0 Å². The van der Waals surface area contributed by atoms with Crippen LogP contribution < -0.4 is 10.6 Å². The molecular weight excluding hydrogens is 164 g/mol. The summed E-state index contributed by atoms with van der Waals surface area (Å²) in [5.74, 6) is 0.0647. The van der Waals surface area contributed by atoms with Gasteiger partial charge in [-0.25, -0.2) is 0 Å². The second-order valence-electron chi connectivity index (χ2n) is 3.75. The third-order valence-electron chi connectivity index (χ3n) is 2.72. The summed E-state index contributed by atoms with van der Waals surface area (Å²) < 4.78 is 0. The average Bonchev–Trinajstić information content (AvgIpc) is 2.08. The molecule has 13 heavy (non-hydrogen) atoms. The van der Waals surface area contributed by atoms with Crippen molar-refractivity contribution in [3.63, 3.8) is 0 Å². The first kappa shape index (κ1) is 8.51. The van der Waals surface area contributed by atoms with Gasteiger partial charge in [-0.2, -0.15) is 0 Å². The molecule has 0 spiro atoms. The van der Waals surface area contributed by atoms with Crippen LogP contribution in [0.1, 0.15) is 20.3 Å². The van der Waals surface area contributed by atoms with Gasteiger partial charge in [0, 0.05) is 5.70 Å². The van der Waals surface area contributed by atoms with Crippen molar-refractivity contribution in [3.05, 3.63) is 22.9 Å². The van der Waals surface area contributed by atoms with Crippen LogP contribution in [0.5, 0.6) is 0 Å². The van der Waals surface area contributed by atoms with Crippen molar-refractivity contribution in [2.45, 2.75) is 26.3 Å². The third-order valence-corrected chi connectivity index (χ3v) is 2.72. The maximum absolute atomic E-state index is 11.1. The number of carbonyl (C=O) groups is 1. The fourth-order valence-electron chi connectivity index (χ4n) is 1.76. The summed E-state index contributed by atoms with van der Waals surface area (Å²) in [5, 5.41) is 6.10. The zero-order valence-corrected chi connectivity index (χ0v) is 7.98. The maximum Gasteiger partial charge on any atom is 0.238 e. The van der Waals surface area contributed by atoms with E-state index < -0.39 is 0 Å². The highest BCUT2D eigenvalue weighted by atomic mass is 16.2. The summed E-state index contributed by atoms with van der Waals surface area (Å²) in [6.45, 7) is 4.66. The second-order valence-corrected chi connectivity index (χ2v) is 3.75. The van der Waals surface area contributed by atoms with Gasteiger partial charge in [0.15, 0.2) is 0 Å². The minimum absolute atomic E-state index is 0.0647. The Labute approximate surface area is 77.9 Å². The average molecular weight is 178 g/mol. The summed E-state index contributed by atoms with van der Waals surface area (Å²) in [4.78, 5) is 11.1. The molecule has 0 saturated carbocycles. The normalized spacial score (nSPS) is 28.0. The van der Waals surface area contributed by atoms with Gasteiger partial charge in [0.1, 0.15) is 0 Å². The number of nitrogens with one attached hydrogen (secondary N) is 2. The van der Waals surface area contributed by atoms with Crippen LogP contribution in [0, 0.1) is 0 Å². The molecule has 0 aromatic carbocycles. The van der Waals surface area contributed by atoms with Crippen molar-refractivity contribution in [1.29, 1.82) is 0 Å². The highest BCUT2D eigenvalue weighted by Crippen LogP contribution is 2.23. The largest absolute Gasteiger partial charge is 0.327 e. The predicted molar refractivity (Wildman–Crippen MR) is 51.0 cm³/mol. The van der Waals surface area contributed by atoms with E-state index in [2.05, 4.69) is 30.6 Å². The number of hydrogen-bond acceptors (Lipinski definition) is 2. The number of hydrogen-bond donors (Lipinski definition) is 2. The molecule has 1 atom stereocenters. The molecule has 0 radical (unpaired) electrons. The van der Waals surface area contributed by atoms with E-state index >= 15 is 0 Å². The Bertz CT molecular complexity index is 315. The molecule has 1 saturated heterocycles. The first-order valence-electron chi connectivity index (χ1n) is 4.58. The minimum atomic E-state index is 0.0647. The van der Waals surface area contributed by atoms with Crippen LogP contribution in [-0.4, -0.2) is 18.5 Å². The van der Waals surface area contributed by atoms with Gasteiger partial charge in [-0.15, -0.1) is 0 Å². The molecule has 1 unspecified atom stereocenters. The molecule has 3 heteroatoms. The van der Waals surface area contributed by atoms with Gasteiger partial charge < -0.3 is 5.32 Å². The molecule has 1 amide bonds. The van der Waals surface area contributed by atoms with Gasteiger partial charge in [0.25, 0.3) is 0 Å². The smallest absolute Gasteiger partial charge is 0.238 e. The van der Waals surface area contributed by atoms with Crippen LogP contribution in [-0.2, 0) is 4.79 Å². The number of fused-ring (bicyclic) bond motifs is 1. The summed E-state index contributed by atoms with van der Waals surface area (Å²) in [7, 11) is 0. The molecule has 1 fully saturated rings. The number of piperazine rings is 1. The van der Waals surface area contributed by atoms with E-state index in [9.17, 15) is 4.79 Å². The van der Waals surface area contributed by atoms with Gasteiger partial charge in [-0.3, -0.25) is 10.1 Å². The quantitative estimate of drug-likeness (QED) is 0.573. The monoisotopic (exact) mass is 178 g/mol. The standard InChI is InChI=1S/C10H14N2O/c1-6-3-8-9(4-7(6)2)12-10(13)5-11-8/h4,8,11H,3,5H2,1-2H3,(H,12,13). The molecule has 2 rings (SSSR count). The van der Waals surface area contributed by atoms with Crippen molar-refractivity contribution < 1.29 is 4.79 Å². The van der Waals surface area contributed by atoms with Crippen molar-refractivity contribution in [3.8, 4) is 0 Å². The van der Waals surface area contributed by atoms with Crippen LogP contribution in [0.4, 0.5) is 0 Å². The second kappa shape index (κ2) is 3.00. The minimum Gasteiger partial charge on any atom is -0.327 e. The molecule has 2 N–H and O–H groups in total. The molecule has 1 aliphatic carbocycles. The SMILES string of the molecule is CC1=C(C)CC2NCC(=O)NC2=C1. The van der Waals surface area contributed by atoms with Crippen molar-refractivity contribution in [2.75, 3.05) is 6.54 Å². The van der Waals surface area contributed by atoms with E-state index in [0.717, 1.165) is 12.1 Å². The first-order valence-corrected chi connectivity index (χ1v) is 4.58. The highest BCUT2D eigenvalue weighted by Gasteiger charge is 2.25. The van der Waals surface area contributed by atoms with Gasteiger partial charge in [-0.05, 0) is 26.3 Å². The van der Waals surface area contributed by atoms with Crippen LogP contribution >= 0.6 is 0 Å². The lowest BCUT2D eigenvalue weighted by molar-refractivity contribution is -0.120. The molecule has 2 aliphatic rings. The molecule has 1 heterocycles. The Morgan fingerprint density at radius 2 is 2.23 bits per heavy atom. The highest BCUT2D eigenvalue weighted by molar-refractivity contribution is 5.81. The molecule has 3 nitrogen and oxygen atoms in total. The lowest BCUT2D eigenvalue weighted by Crippen LogP contribution is -2.50. The van der Waals surface area contributed by atoms with Crippen molar-refractivity contribution in [1.82, 2.24) is 10.6 Å². The van der Waals surface area contributed by atoms with Crippen molar-refractivity contribution >= 4 is 5.91 Å². The Morgan fingerprint density at radius 1 is 1.46 bits per heavy atom. The summed E-state index contributed by atoms with van der Waals surface area (Å²) in [5.41, 5.74) is 3.70. The fourth-order valence-corrected chi connectivity index (χ4v) is 1.76. The molecule has 70 valence electrons. The van der Waals surface area contributed by atoms with Crippen LogP contribution in [0.2, 0.25) is 0 Å². The molecule has 0 bridgehead atoms. The Morgan fingerprint density at radius 3 is 3.00 bits per heavy atom. The van der Waals surface area contributed by atoms with Crippen LogP contribution in [0.25, 0.3) is 0 Å². The first-order chi connectivity index (χ1) is 6.16. The molecular formula is C10H14N2O.